The predicted molar refractivity (Wildman–Crippen MR) is 111 cm³/mol. The van der Waals surface area contributed by atoms with Crippen molar-refractivity contribution in [1.82, 2.24) is 9.80 Å². The van der Waals surface area contributed by atoms with Gasteiger partial charge in [0, 0.05) is 45.3 Å². The lowest BCUT2D eigenvalue weighted by molar-refractivity contribution is -0.114. The highest BCUT2D eigenvalue weighted by Crippen LogP contribution is 2.30. The molecule has 1 saturated heterocycles. The Balaban J connectivity index is 1.36. The van der Waals surface area contributed by atoms with E-state index in [4.69, 9.17) is 0 Å². The Labute approximate surface area is 166 Å². The lowest BCUT2D eigenvalue weighted by atomic mass is 10.1. The van der Waals surface area contributed by atoms with Crippen LogP contribution in [-0.2, 0) is 11.3 Å². The molecule has 0 radical (unpaired) electrons. The van der Waals surface area contributed by atoms with Crippen LogP contribution in [0.3, 0.4) is 0 Å². The molecule has 0 N–H and O–H groups in total. The van der Waals surface area contributed by atoms with Crippen LogP contribution in [-0.4, -0.2) is 60.3 Å². The molecular formula is C23H27N3O2. The first-order valence-corrected chi connectivity index (χ1v) is 10.00. The van der Waals surface area contributed by atoms with Crippen molar-refractivity contribution < 1.29 is 9.59 Å². The molecule has 28 heavy (non-hydrogen) atoms. The van der Waals surface area contributed by atoms with Gasteiger partial charge in [0.15, 0.2) is 0 Å². The summed E-state index contributed by atoms with van der Waals surface area (Å²) >= 11 is 0. The van der Waals surface area contributed by atoms with Crippen molar-refractivity contribution in [2.75, 3.05) is 37.6 Å². The average Bonchev–Trinajstić information content (AvgIpc) is 2.94. The summed E-state index contributed by atoms with van der Waals surface area (Å²) < 4.78 is 0. The van der Waals surface area contributed by atoms with Crippen LogP contribution >= 0.6 is 0 Å². The van der Waals surface area contributed by atoms with Gasteiger partial charge >= 0.3 is 0 Å². The Hall–Kier alpha value is -2.50. The van der Waals surface area contributed by atoms with E-state index in [2.05, 4.69) is 41.0 Å². The van der Waals surface area contributed by atoms with Crippen molar-refractivity contribution in [3.63, 3.8) is 0 Å². The lowest BCUT2D eigenvalue weighted by Crippen LogP contribution is -2.52. The molecule has 2 aliphatic rings. The number of piperazine rings is 1. The zero-order valence-corrected chi connectivity index (χ0v) is 16.6. The molecule has 146 valence electrons. The third kappa shape index (κ3) is 3.73. The SMILES string of the molecule is Cc1ccc2c(c1)C(=O)C(=O)N2CC(C)N1CCN(Cc2ccccc2)CC1. The fourth-order valence-corrected chi connectivity index (χ4v) is 4.18. The van der Waals surface area contributed by atoms with Crippen LogP contribution in [0, 0.1) is 6.92 Å². The van der Waals surface area contributed by atoms with Gasteiger partial charge < -0.3 is 4.90 Å². The molecule has 1 amide bonds. The van der Waals surface area contributed by atoms with Crippen molar-refractivity contribution >= 4 is 17.4 Å². The van der Waals surface area contributed by atoms with Crippen LogP contribution in [0.1, 0.15) is 28.4 Å². The second-order valence-electron chi connectivity index (χ2n) is 7.91. The lowest BCUT2D eigenvalue weighted by Gasteiger charge is -2.39. The third-order valence-corrected chi connectivity index (χ3v) is 5.85. The van der Waals surface area contributed by atoms with Crippen molar-refractivity contribution in [1.29, 1.82) is 0 Å². The summed E-state index contributed by atoms with van der Waals surface area (Å²) in [6, 6.07) is 16.5. The molecule has 1 atom stereocenters. The number of Topliss-reactive ketones (excluding diaryl/α,β-unsaturated/α-hetero) is 1. The number of hydrogen-bond donors (Lipinski definition) is 0. The van der Waals surface area contributed by atoms with E-state index >= 15 is 0 Å². The topological polar surface area (TPSA) is 43.9 Å². The van der Waals surface area contributed by atoms with Crippen LogP contribution < -0.4 is 4.90 Å². The molecule has 0 saturated carbocycles. The van der Waals surface area contributed by atoms with Gasteiger partial charge in [-0.25, -0.2) is 0 Å². The highest BCUT2D eigenvalue weighted by Gasteiger charge is 2.37. The van der Waals surface area contributed by atoms with Crippen molar-refractivity contribution in [3.8, 4) is 0 Å². The first-order valence-electron chi connectivity index (χ1n) is 10.00. The number of fused-ring (bicyclic) bond motifs is 1. The van der Waals surface area contributed by atoms with Gasteiger partial charge in [-0.15, -0.1) is 0 Å². The number of carbonyl (C=O) groups is 2. The maximum atomic E-state index is 12.5. The van der Waals surface area contributed by atoms with Crippen LogP contribution in [0.2, 0.25) is 0 Å². The molecule has 5 nitrogen and oxygen atoms in total. The Bertz CT molecular complexity index is 873. The van der Waals surface area contributed by atoms with E-state index in [1.54, 1.807) is 4.90 Å². The number of carbonyl (C=O) groups excluding carboxylic acids is 2. The van der Waals surface area contributed by atoms with Gasteiger partial charge in [0.25, 0.3) is 11.7 Å². The van der Waals surface area contributed by atoms with Crippen molar-refractivity contribution in [2.24, 2.45) is 0 Å². The Kier molecular flexibility index (Phi) is 5.29. The average molecular weight is 377 g/mol. The first-order chi connectivity index (χ1) is 13.5. The highest BCUT2D eigenvalue weighted by atomic mass is 16.2. The number of benzene rings is 2. The smallest absolute Gasteiger partial charge is 0.299 e. The summed E-state index contributed by atoms with van der Waals surface area (Å²) in [6.07, 6.45) is 0. The summed E-state index contributed by atoms with van der Waals surface area (Å²) in [5.41, 5.74) is 3.65. The van der Waals surface area contributed by atoms with E-state index in [1.807, 2.05) is 31.2 Å². The minimum atomic E-state index is -0.393. The zero-order valence-electron chi connectivity index (χ0n) is 16.6. The van der Waals surface area contributed by atoms with Gasteiger partial charge in [-0.2, -0.15) is 0 Å². The zero-order chi connectivity index (χ0) is 19.7. The number of amides is 1. The Morgan fingerprint density at radius 2 is 1.68 bits per heavy atom. The number of nitrogens with zero attached hydrogens (tertiary/aromatic N) is 3. The molecule has 1 unspecified atom stereocenters. The van der Waals surface area contributed by atoms with Gasteiger partial charge in [-0.3, -0.25) is 19.4 Å². The van der Waals surface area contributed by atoms with E-state index in [0.29, 0.717) is 12.1 Å². The van der Waals surface area contributed by atoms with E-state index in [0.717, 1.165) is 44.0 Å². The molecule has 2 aliphatic heterocycles. The van der Waals surface area contributed by atoms with Crippen molar-refractivity contribution in [3.05, 3.63) is 65.2 Å². The Morgan fingerprint density at radius 1 is 0.964 bits per heavy atom. The van der Waals surface area contributed by atoms with Gasteiger partial charge in [0.05, 0.1) is 11.3 Å². The molecule has 2 heterocycles. The fraction of sp³-hybridized carbons (Fsp3) is 0.391. The van der Waals surface area contributed by atoms with Crippen LogP contribution in [0.5, 0.6) is 0 Å². The minimum absolute atomic E-state index is 0.211. The number of ketones is 1. The van der Waals surface area contributed by atoms with Crippen LogP contribution in [0.25, 0.3) is 0 Å². The van der Waals surface area contributed by atoms with Crippen LogP contribution in [0.4, 0.5) is 5.69 Å². The second-order valence-corrected chi connectivity index (χ2v) is 7.91. The third-order valence-electron chi connectivity index (χ3n) is 5.85. The van der Waals surface area contributed by atoms with Crippen molar-refractivity contribution in [2.45, 2.75) is 26.4 Å². The standard InChI is InChI=1S/C23H27N3O2/c1-17-8-9-21-20(14-17)22(27)23(28)26(21)15-18(2)25-12-10-24(11-13-25)16-19-6-4-3-5-7-19/h3-9,14,18H,10-13,15-16H2,1-2H3. The molecule has 4 rings (SSSR count). The molecule has 2 aromatic carbocycles. The minimum Gasteiger partial charge on any atom is -0.303 e. The molecule has 1 fully saturated rings. The molecule has 5 heteroatoms. The van der Waals surface area contributed by atoms with Gasteiger partial charge in [-0.1, -0.05) is 42.0 Å². The van der Waals surface area contributed by atoms with E-state index in [9.17, 15) is 9.59 Å². The fourth-order valence-electron chi connectivity index (χ4n) is 4.18. The summed E-state index contributed by atoms with van der Waals surface area (Å²) in [5.74, 6) is -0.770. The largest absolute Gasteiger partial charge is 0.303 e. The second kappa shape index (κ2) is 7.86. The quantitative estimate of drug-likeness (QED) is 0.752. The number of hydrogen-bond acceptors (Lipinski definition) is 4. The summed E-state index contributed by atoms with van der Waals surface area (Å²) in [4.78, 5) is 31.4. The summed E-state index contributed by atoms with van der Waals surface area (Å²) in [5, 5.41) is 0. The van der Waals surface area contributed by atoms with Gasteiger partial charge in [-0.05, 0) is 31.5 Å². The molecule has 0 bridgehead atoms. The highest BCUT2D eigenvalue weighted by molar-refractivity contribution is 6.52. The molecule has 0 spiro atoms. The van der Waals surface area contributed by atoms with Gasteiger partial charge in [0.2, 0.25) is 0 Å². The Morgan fingerprint density at radius 3 is 2.39 bits per heavy atom. The molecule has 0 aliphatic carbocycles. The molecule has 0 aromatic heterocycles. The summed E-state index contributed by atoms with van der Waals surface area (Å²) in [6.45, 7) is 9.61. The van der Waals surface area contributed by atoms with E-state index < -0.39 is 5.91 Å². The number of anilines is 1. The normalized spacial score (nSPS) is 19.1. The van der Waals surface area contributed by atoms with Crippen LogP contribution in [0.15, 0.2) is 48.5 Å². The maximum absolute atomic E-state index is 12.5. The van der Waals surface area contributed by atoms with E-state index in [1.165, 1.54) is 5.56 Å². The predicted octanol–water partition coefficient (Wildman–Crippen LogP) is 2.73. The molecule has 2 aromatic rings. The first kappa shape index (κ1) is 18.8. The summed E-state index contributed by atoms with van der Waals surface area (Å²) in [7, 11) is 0. The number of rotatable bonds is 5. The monoisotopic (exact) mass is 377 g/mol. The maximum Gasteiger partial charge on any atom is 0.299 e. The van der Waals surface area contributed by atoms with E-state index in [-0.39, 0.29) is 11.8 Å². The van der Waals surface area contributed by atoms with Gasteiger partial charge in [0.1, 0.15) is 0 Å². The molecular weight excluding hydrogens is 350 g/mol. The number of aryl methyl sites for hydroxylation is 1.